The van der Waals surface area contributed by atoms with Crippen molar-refractivity contribution in [2.24, 2.45) is 0 Å². The molecule has 1 aromatic heterocycles. The molecule has 0 bridgehead atoms. The minimum absolute atomic E-state index is 0.789. The number of anilines is 1. The standard InChI is InChI=1S/C17H21BrN4O2/c1-23-15-11-16(24-2)14(18)10-13(15)12-21-6-8-22(9-7-21)17-19-4-3-5-20-17/h3-5,10-11H,6-9,12H2,1-2H3/p+1. The van der Waals surface area contributed by atoms with E-state index in [2.05, 4.69) is 36.9 Å². The molecule has 0 amide bonds. The summed E-state index contributed by atoms with van der Waals surface area (Å²) < 4.78 is 11.8. The fraction of sp³-hybridized carbons (Fsp3) is 0.412. The Balaban J connectivity index is 1.65. The second-order valence-corrected chi connectivity index (χ2v) is 6.62. The van der Waals surface area contributed by atoms with Crippen LogP contribution in [-0.4, -0.2) is 50.4 Å². The zero-order valence-electron chi connectivity index (χ0n) is 14.0. The molecule has 24 heavy (non-hydrogen) atoms. The van der Waals surface area contributed by atoms with Gasteiger partial charge in [0, 0.05) is 24.0 Å². The highest BCUT2D eigenvalue weighted by Gasteiger charge is 2.23. The number of piperazine rings is 1. The summed E-state index contributed by atoms with van der Waals surface area (Å²) in [5, 5.41) is 0. The summed E-state index contributed by atoms with van der Waals surface area (Å²) >= 11 is 3.56. The molecule has 3 rings (SSSR count). The van der Waals surface area contributed by atoms with E-state index in [1.54, 1.807) is 26.6 Å². The summed E-state index contributed by atoms with van der Waals surface area (Å²) in [6, 6.07) is 5.88. The van der Waals surface area contributed by atoms with Crippen LogP contribution in [0, 0.1) is 0 Å². The summed E-state index contributed by atoms with van der Waals surface area (Å²) in [4.78, 5) is 12.4. The fourth-order valence-corrected chi connectivity index (χ4v) is 3.54. The molecule has 1 N–H and O–H groups in total. The van der Waals surface area contributed by atoms with Gasteiger partial charge in [0.25, 0.3) is 0 Å². The van der Waals surface area contributed by atoms with E-state index < -0.39 is 0 Å². The molecule has 1 aromatic carbocycles. The van der Waals surface area contributed by atoms with Crippen LogP contribution in [0.1, 0.15) is 5.56 Å². The Hall–Kier alpha value is -1.86. The van der Waals surface area contributed by atoms with E-state index in [0.717, 1.165) is 54.6 Å². The summed E-state index contributed by atoms with van der Waals surface area (Å²) in [5.41, 5.74) is 1.18. The van der Waals surface area contributed by atoms with Crippen LogP contribution in [0.15, 0.2) is 35.1 Å². The van der Waals surface area contributed by atoms with Gasteiger partial charge in [-0.15, -0.1) is 0 Å². The maximum atomic E-state index is 5.53. The molecular formula is C17H22BrN4O2+. The molecule has 1 saturated heterocycles. The van der Waals surface area contributed by atoms with Crippen molar-refractivity contribution >= 4 is 21.9 Å². The molecule has 2 heterocycles. The molecular weight excluding hydrogens is 372 g/mol. The molecule has 0 unspecified atom stereocenters. The van der Waals surface area contributed by atoms with Gasteiger partial charge < -0.3 is 19.3 Å². The highest BCUT2D eigenvalue weighted by molar-refractivity contribution is 9.10. The van der Waals surface area contributed by atoms with Gasteiger partial charge in [-0.1, -0.05) is 0 Å². The second kappa shape index (κ2) is 7.81. The monoisotopic (exact) mass is 393 g/mol. The lowest BCUT2D eigenvalue weighted by Gasteiger charge is -2.32. The molecule has 0 atom stereocenters. The predicted octanol–water partition coefficient (Wildman–Crippen LogP) is 1.16. The van der Waals surface area contributed by atoms with Crippen LogP contribution >= 0.6 is 15.9 Å². The molecule has 0 radical (unpaired) electrons. The number of halogens is 1. The van der Waals surface area contributed by atoms with E-state index in [1.807, 2.05) is 12.1 Å². The van der Waals surface area contributed by atoms with Gasteiger partial charge in [-0.2, -0.15) is 0 Å². The van der Waals surface area contributed by atoms with E-state index in [9.17, 15) is 0 Å². The van der Waals surface area contributed by atoms with Crippen LogP contribution in [0.25, 0.3) is 0 Å². The maximum absolute atomic E-state index is 5.53. The van der Waals surface area contributed by atoms with Crippen molar-refractivity contribution in [1.82, 2.24) is 9.97 Å². The van der Waals surface area contributed by atoms with Crippen molar-refractivity contribution in [3.63, 3.8) is 0 Å². The Labute approximate surface area is 150 Å². The Kier molecular flexibility index (Phi) is 5.52. The fourth-order valence-electron chi connectivity index (χ4n) is 2.98. The number of hydrogen-bond acceptors (Lipinski definition) is 5. The first-order valence-corrected chi connectivity index (χ1v) is 8.76. The molecule has 0 saturated carbocycles. The smallest absolute Gasteiger partial charge is 0.225 e. The maximum Gasteiger partial charge on any atom is 0.225 e. The van der Waals surface area contributed by atoms with Gasteiger partial charge in [0.2, 0.25) is 5.95 Å². The van der Waals surface area contributed by atoms with E-state index in [0.29, 0.717) is 0 Å². The van der Waals surface area contributed by atoms with Crippen molar-refractivity contribution in [2.75, 3.05) is 45.3 Å². The van der Waals surface area contributed by atoms with Crippen LogP contribution in [-0.2, 0) is 6.54 Å². The van der Waals surface area contributed by atoms with E-state index in [-0.39, 0.29) is 0 Å². The molecule has 2 aromatic rings. The van der Waals surface area contributed by atoms with E-state index >= 15 is 0 Å². The number of nitrogens with zero attached hydrogens (tertiary/aromatic N) is 3. The lowest BCUT2D eigenvalue weighted by atomic mass is 10.1. The first-order valence-electron chi connectivity index (χ1n) is 7.97. The third kappa shape index (κ3) is 3.79. The predicted molar refractivity (Wildman–Crippen MR) is 95.9 cm³/mol. The number of methoxy groups -OCH3 is 2. The SMILES string of the molecule is COc1cc(OC)c(C[NH+]2CCN(c3ncccn3)CC2)cc1Br. The molecule has 1 fully saturated rings. The summed E-state index contributed by atoms with van der Waals surface area (Å²) in [5.74, 6) is 2.48. The first kappa shape index (κ1) is 17.0. The van der Waals surface area contributed by atoms with E-state index in [4.69, 9.17) is 9.47 Å². The van der Waals surface area contributed by atoms with E-state index in [1.165, 1.54) is 10.5 Å². The molecule has 0 aliphatic carbocycles. The number of rotatable bonds is 5. The molecule has 0 spiro atoms. The molecule has 1 aliphatic rings. The number of quaternary nitrogens is 1. The van der Waals surface area contributed by atoms with Gasteiger partial charge in [0.15, 0.2) is 0 Å². The lowest BCUT2D eigenvalue weighted by molar-refractivity contribution is -0.914. The van der Waals surface area contributed by atoms with Crippen molar-refractivity contribution in [1.29, 1.82) is 0 Å². The average Bonchev–Trinajstić information content (AvgIpc) is 2.63. The van der Waals surface area contributed by atoms with Crippen molar-refractivity contribution in [3.05, 3.63) is 40.6 Å². The topological polar surface area (TPSA) is 51.9 Å². The van der Waals surface area contributed by atoms with Crippen LogP contribution in [0.4, 0.5) is 5.95 Å². The van der Waals surface area contributed by atoms with Crippen LogP contribution < -0.4 is 19.3 Å². The van der Waals surface area contributed by atoms with Gasteiger partial charge in [-0.05, 0) is 28.1 Å². The average molecular weight is 394 g/mol. The third-order valence-electron chi connectivity index (χ3n) is 4.30. The van der Waals surface area contributed by atoms with Gasteiger partial charge >= 0.3 is 0 Å². The van der Waals surface area contributed by atoms with Crippen molar-refractivity contribution in [2.45, 2.75) is 6.54 Å². The Morgan fingerprint density at radius 3 is 2.38 bits per heavy atom. The minimum Gasteiger partial charge on any atom is -0.496 e. The molecule has 6 nitrogen and oxygen atoms in total. The Morgan fingerprint density at radius 2 is 1.75 bits per heavy atom. The number of nitrogens with one attached hydrogen (secondary N) is 1. The first-order chi connectivity index (χ1) is 11.7. The van der Waals surface area contributed by atoms with Gasteiger partial charge in [-0.3, -0.25) is 0 Å². The Morgan fingerprint density at radius 1 is 1.08 bits per heavy atom. The quantitative estimate of drug-likeness (QED) is 0.825. The Bertz CT molecular complexity index is 676. The molecule has 7 heteroatoms. The third-order valence-corrected chi connectivity index (χ3v) is 4.92. The summed E-state index contributed by atoms with van der Waals surface area (Å²) in [6.45, 7) is 4.93. The minimum atomic E-state index is 0.789. The van der Waals surface area contributed by atoms with Crippen LogP contribution in [0.5, 0.6) is 11.5 Å². The summed E-state index contributed by atoms with van der Waals surface area (Å²) in [6.07, 6.45) is 3.59. The van der Waals surface area contributed by atoms with Gasteiger partial charge in [-0.25, -0.2) is 9.97 Å². The van der Waals surface area contributed by atoms with Crippen molar-refractivity contribution in [3.8, 4) is 11.5 Å². The zero-order valence-corrected chi connectivity index (χ0v) is 15.5. The second-order valence-electron chi connectivity index (χ2n) is 5.76. The summed E-state index contributed by atoms with van der Waals surface area (Å²) in [7, 11) is 3.36. The normalized spacial score (nSPS) is 15.4. The van der Waals surface area contributed by atoms with Crippen molar-refractivity contribution < 1.29 is 14.4 Å². The van der Waals surface area contributed by atoms with Gasteiger partial charge in [0.05, 0.1) is 44.9 Å². The molecule has 128 valence electrons. The highest BCUT2D eigenvalue weighted by atomic mass is 79.9. The highest BCUT2D eigenvalue weighted by Crippen LogP contribution is 2.32. The van der Waals surface area contributed by atoms with Crippen LogP contribution in [0.3, 0.4) is 0 Å². The zero-order chi connectivity index (χ0) is 16.9. The van der Waals surface area contributed by atoms with Gasteiger partial charge in [0.1, 0.15) is 18.0 Å². The largest absolute Gasteiger partial charge is 0.496 e. The number of benzene rings is 1. The lowest BCUT2D eigenvalue weighted by Crippen LogP contribution is -3.13. The van der Waals surface area contributed by atoms with Crippen LogP contribution in [0.2, 0.25) is 0 Å². The molecule has 1 aliphatic heterocycles. The number of aromatic nitrogens is 2. The number of ether oxygens (including phenoxy) is 2. The number of hydrogen-bond donors (Lipinski definition) is 1.